The zero-order valence-corrected chi connectivity index (χ0v) is 19.2. The third-order valence-corrected chi connectivity index (χ3v) is 6.49. The highest BCUT2D eigenvalue weighted by Gasteiger charge is 2.17. The Morgan fingerprint density at radius 2 is 1.71 bits per heavy atom. The predicted molar refractivity (Wildman–Crippen MR) is 127 cm³/mol. The standard InChI is InChI=1S/C27H37N3O/c1-3-25(26-11-12-27(21-28)23(2)20-26)10-7-13-29-14-16-30(17-15-29)18-19-31-22-24-8-5-4-6-9-24/h4-6,8-9,11-12,20,25H,3,7,10,13-19,22H2,1-2H3. The van der Waals surface area contributed by atoms with Crippen molar-refractivity contribution in [3.05, 3.63) is 70.8 Å². The van der Waals surface area contributed by atoms with Crippen LogP contribution in [-0.4, -0.2) is 55.7 Å². The molecular formula is C27H37N3O. The van der Waals surface area contributed by atoms with Gasteiger partial charge in [0.15, 0.2) is 0 Å². The van der Waals surface area contributed by atoms with Crippen molar-refractivity contribution in [1.82, 2.24) is 9.80 Å². The molecule has 1 fully saturated rings. The topological polar surface area (TPSA) is 39.5 Å². The average molecular weight is 420 g/mol. The van der Waals surface area contributed by atoms with Crippen molar-refractivity contribution in [2.75, 3.05) is 45.9 Å². The van der Waals surface area contributed by atoms with E-state index < -0.39 is 0 Å². The second kappa shape index (κ2) is 12.6. The van der Waals surface area contributed by atoms with E-state index >= 15 is 0 Å². The van der Waals surface area contributed by atoms with Crippen LogP contribution in [0.15, 0.2) is 48.5 Å². The van der Waals surface area contributed by atoms with Crippen LogP contribution >= 0.6 is 0 Å². The third-order valence-electron chi connectivity index (χ3n) is 6.49. The van der Waals surface area contributed by atoms with Crippen LogP contribution in [0, 0.1) is 18.3 Å². The van der Waals surface area contributed by atoms with Crippen LogP contribution in [0.2, 0.25) is 0 Å². The summed E-state index contributed by atoms with van der Waals surface area (Å²) in [5.74, 6) is 0.592. The molecule has 31 heavy (non-hydrogen) atoms. The zero-order valence-electron chi connectivity index (χ0n) is 19.2. The van der Waals surface area contributed by atoms with Gasteiger partial charge in [0.25, 0.3) is 0 Å². The monoisotopic (exact) mass is 419 g/mol. The van der Waals surface area contributed by atoms with Gasteiger partial charge in [0.05, 0.1) is 24.8 Å². The quantitative estimate of drug-likeness (QED) is 0.482. The number of hydrogen-bond donors (Lipinski definition) is 0. The molecule has 0 saturated carbocycles. The molecule has 4 nitrogen and oxygen atoms in total. The minimum absolute atomic E-state index is 0.592. The number of nitriles is 1. The number of ether oxygens (including phenoxy) is 1. The molecule has 0 radical (unpaired) electrons. The van der Waals surface area contributed by atoms with Crippen molar-refractivity contribution in [3.8, 4) is 6.07 Å². The van der Waals surface area contributed by atoms with Crippen molar-refractivity contribution in [2.45, 2.75) is 45.6 Å². The maximum Gasteiger partial charge on any atom is 0.0994 e. The molecule has 1 heterocycles. The zero-order chi connectivity index (χ0) is 21.9. The molecule has 0 aliphatic carbocycles. The Balaban J connectivity index is 1.31. The lowest BCUT2D eigenvalue weighted by molar-refractivity contribution is 0.0679. The van der Waals surface area contributed by atoms with E-state index in [9.17, 15) is 0 Å². The summed E-state index contributed by atoms with van der Waals surface area (Å²) >= 11 is 0. The van der Waals surface area contributed by atoms with Gasteiger partial charge in [-0.3, -0.25) is 4.90 Å². The van der Waals surface area contributed by atoms with Gasteiger partial charge in [0, 0.05) is 32.7 Å². The van der Waals surface area contributed by atoms with E-state index in [-0.39, 0.29) is 0 Å². The van der Waals surface area contributed by atoms with Gasteiger partial charge in [-0.2, -0.15) is 5.26 Å². The minimum atomic E-state index is 0.592. The lowest BCUT2D eigenvalue weighted by atomic mass is 9.90. The molecule has 1 aliphatic rings. The fraction of sp³-hybridized carbons (Fsp3) is 0.519. The maximum absolute atomic E-state index is 9.15. The lowest BCUT2D eigenvalue weighted by Crippen LogP contribution is -2.47. The van der Waals surface area contributed by atoms with E-state index in [0.29, 0.717) is 12.5 Å². The second-order valence-electron chi connectivity index (χ2n) is 8.66. The first-order valence-corrected chi connectivity index (χ1v) is 11.8. The fourth-order valence-corrected chi connectivity index (χ4v) is 4.43. The van der Waals surface area contributed by atoms with Crippen LogP contribution in [-0.2, 0) is 11.3 Å². The summed E-state index contributed by atoms with van der Waals surface area (Å²) < 4.78 is 5.84. The number of rotatable bonds is 11. The SMILES string of the molecule is CCC(CCCN1CCN(CCOCc2ccccc2)CC1)c1ccc(C#N)c(C)c1. The van der Waals surface area contributed by atoms with Gasteiger partial charge >= 0.3 is 0 Å². The Morgan fingerprint density at radius 1 is 1.00 bits per heavy atom. The van der Waals surface area contributed by atoms with Crippen molar-refractivity contribution in [3.63, 3.8) is 0 Å². The largest absolute Gasteiger partial charge is 0.375 e. The van der Waals surface area contributed by atoms with E-state index in [1.165, 1.54) is 30.5 Å². The van der Waals surface area contributed by atoms with Gasteiger partial charge in [-0.15, -0.1) is 0 Å². The summed E-state index contributed by atoms with van der Waals surface area (Å²) in [4.78, 5) is 5.13. The Bertz CT molecular complexity index is 822. The molecule has 1 saturated heterocycles. The molecule has 1 atom stereocenters. The first-order chi connectivity index (χ1) is 15.2. The molecule has 0 spiro atoms. The van der Waals surface area contributed by atoms with Crippen molar-refractivity contribution in [2.24, 2.45) is 0 Å². The van der Waals surface area contributed by atoms with Gasteiger partial charge < -0.3 is 9.64 Å². The average Bonchev–Trinajstić information content (AvgIpc) is 2.81. The highest BCUT2D eigenvalue weighted by atomic mass is 16.5. The van der Waals surface area contributed by atoms with Crippen molar-refractivity contribution < 1.29 is 4.74 Å². The molecule has 166 valence electrons. The van der Waals surface area contributed by atoms with E-state index in [4.69, 9.17) is 10.00 Å². The summed E-state index contributed by atoms with van der Waals surface area (Å²) in [5, 5.41) is 9.15. The summed E-state index contributed by atoms with van der Waals surface area (Å²) in [6, 6.07) is 19.0. The second-order valence-corrected chi connectivity index (χ2v) is 8.66. The molecular weight excluding hydrogens is 382 g/mol. The van der Waals surface area contributed by atoms with E-state index in [2.05, 4.69) is 59.2 Å². The Labute approximate surface area is 188 Å². The van der Waals surface area contributed by atoms with Crippen LogP contribution in [0.3, 0.4) is 0 Å². The third kappa shape index (κ3) is 7.47. The maximum atomic E-state index is 9.15. The van der Waals surface area contributed by atoms with E-state index in [1.807, 2.05) is 19.1 Å². The van der Waals surface area contributed by atoms with Crippen molar-refractivity contribution in [1.29, 1.82) is 5.26 Å². The molecule has 1 aliphatic heterocycles. The molecule has 0 N–H and O–H groups in total. The Hall–Kier alpha value is -2.19. The van der Waals surface area contributed by atoms with Crippen LogP contribution in [0.4, 0.5) is 0 Å². The summed E-state index contributed by atoms with van der Waals surface area (Å²) in [6.45, 7) is 12.6. The summed E-state index contributed by atoms with van der Waals surface area (Å²) in [5.41, 5.74) is 4.53. The molecule has 4 heteroatoms. The first kappa shape index (κ1) is 23.5. The summed E-state index contributed by atoms with van der Waals surface area (Å²) in [7, 11) is 0. The highest BCUT2D eigenvalue weighted by Crippen LogP contribution is 2.26. The normalized spacial score (nSPS) is 16.2. The van der Waals surface area contributed by atoms with Crippen LogP contribution in [0.1, 0.15) is 54.4 Å². The van der Waals surface area contributed by atoms with Gasteiger partial charge in [-0.1, -0.05) is 49.4 Å². The smallest absolute Gasteiger partial charge is 0.0994 e. The molecule has 2 aromatic carbocycles. The number of nitrogens with zero attached hydrogens (tertiary/aromatic N) is 3. The van der Waals surface area contributed by atoms with E-state index in [1.54, 1.807) is 0 Å². The molecule has 1 unspecified atom stereocenters. The lowest BCUT2D eigenvalue weighted by Gasteiger charge is -2.34. The Morgan fingerprint density at radius 3 is 2.35 bits per heavy atom. The molecule has 2 aromatic rings. The van der Waals surface area contributed by atoms with E-state index in [0.717, 1.165) is 56.9 Å². The number of benzene rings is 2. The van der Waals surface area contributed by atoms with Gasteiger partial charge in [-0.25, -0.2) is 0 Å². The van der Waals surface area contributed by atoms with Gasteiger partial charge in [-0.05, 0) is 61.4 Å². The minimum Gasteiger partial charge on any atom is -0.375 e. The molecule has 0 bridgehead atoms. The Kier molecular flexibility index (Phi) is 9.55. The van der Waals surface area contributed by atoms with Crippen LogP contribution in [0.5, 0.6) is 0 Å². The van der Waals surface area contributed by atoms with Crippen molar-refractivity contribution >= 4 is 0 Å². The molecule has 0 aromatic heterocycles. The number of aryl methyl sites for hydroxylation is 1. The number of piperazine rings is 1. The highest BCUT2D eigenvalue weighted by molar-refractivity contribution is 5.40. The molecule has 0 amide bonds. The number of hydrogen-bond acceptors (Lipinski definition) is 4. The first-order valence-electron chi connectivity index (χ1n) is 11.8. The van der Waals surface area contributed by atoms with Gasteiger partial charge in [0.2, 0.25) is 0 Å². The van der Waals surface area contributed by atoms with Crippen LogP contribution in [0.25, 0.3) is 0 Å². The summed E-state index contributed by atoms with van der Waals surface area (Å²) in [6.07, 6.45) is 3.61. The molecule has 3 rings (SSSR count). The van der Waals surface area contributed by atoms with Crippen LogP contribution < -0.4 is 0 Å². The fourth-order valence-electron chi connectivity index (χ4n) is 4.43. The van der Waals surface area contributed by atoms with Gasteiger partial charge in [0.1, 0.15) is 0 Å². The predicted octanol–water partition coefficient (Wildman–Crippen LogP) is 4.97.